The number of nitro groups is 1. The van der Waals surface area contributed by atoms with Crippen molar-refractivity contribution in [3.8, 4) is 5.75 Å². The number of carboxylic acid groups (broad SMARTS) is 1. The first kappa shape index (κ1) is 14.5. The van der Waals surface area contributed by atoms with Crippen molar-refractivity contribution in [2.75, 3.05) is 0 Å². The fourth-order valence-corrected chi connectivity index (χ4v) is 1.89. The van der Waals surface area contributed by atoms with Crippen LogP contribution < -0.4 is 4.74 Å². The number of nitrogens with zero attached hydrogens (tertiary/aromatic N) is 3. The first-order valence-electron chi connectivity index (χ1n) is 6.02. The predicted octanol–water partition coefficient (Wildman–Crippen LogP) is 1.91. The predicted molar refractivity (Wildman–Crippen MR) is 72.3 cm³/mol. The Hall–Kier alpha value is -2.90. The van der Waals surface area contributed by atoms with E-state index in [1.807, 2.05) is 13.0 Å². The number of aryl methyl sites for hydroxylation is 2. The van der Waals surface area contributed by atoms with Gasteiger partial charge in [0.15, 0.2) is 0 Å². The van der Waals surface area contributed by atoms with Gasteiger partial charge in [-0.2, -0.15) is 5.10 Å². The van der Waals surface area contributed by atoms with Crippen LogP contribution in [0.15, 0.2) is 24.3 Å². The topological polar surface area (TPSA) is 107 Å². The van der Waals surface area contributed by atoms with E-state index in [1.54, 1.807) is 11.7 Å². The van der Waals surface area contributed by atoms with Crippen LogP contribution in [0, 0.1) is 17.0 Å². The zero-order chi connectivity index (χ0) is 15.6. The molecular weight excluding hydrogens is 278 g/mol. The monoisotopic (exact) mass is 291 g/mol. The second-order valence-electron chi connectivity index (χ2n) is 4.43. The average Bonchev–Trinajstić information content (AvgIpc) is 2.74. The maximum absolute atomic E-state index is 11.0. The number of hydrogen-bond acceptors (Lipinski definition) is 5. The molecule has 0 unspecified atom stereocenters. The quantitative estimate of drug-likeness (QED) is 0.666. The van der Waals surface area contributed by atoms with E-state index in [9.17, 15) is 14.9 Å². The summed E-state index contributed by atoms with van der Waals surface area (Å²) in [6.45, 7) is 2.03. The SMILES string of the molecule is Cc1cc(COc2ccc([N+](=O)[O-])c(C(=O)O)c2)n(C)n1. The van der Waals surface area contributed by atoms with E-state index < -0.39 is 22.1 Å². The number of carbonyl (C=O) groups is 1. The highest BCUT2D eigenvalue weighted by molar-refractivity contribution is 5.92. The molecule has 0 aliphatic rings. The lowest BCUT2D eigenvalue weighted by atomic mass is 10.1. The zero-order valence-electron chi connectivity index (χ0n) is 11.4. The van der Waals surface area contributed by atoms with Crippen molar-refractivity contribution in [1.82, 2.24) is 9.78 Å². The molecule has 0 fully saturated rings. The van der Waals surface area contributed by atoms with E-state index in [0.717, 1.165) is 23.5 Å². The highest BCUT2D eigenvalue weighted by Crippen LogP contribution is 2.24. The molecule has 0 amide bonds. The summed E-state index contributed by atoms with van der Waals surface area (Å²) in [4.78, 5) is 21.1. The van der Waals surface area contributed by atoms with Gasteiger partial charge in [-0.05, 0) is 19.1 Å². The van der Waals surface area contributed by atoms with E-state index in [2.05, 4.69) is 5.10 Å². The van der Waals surface area contributed by atoms with Crippen molar-refractivity contribution < 1.29 is 19.6 Å². The maximum Gasteiger partial charge on any atom is 0.342 e. The fraction of sp³-hybridized carbons (Fsp3) is 0.231. The molecule has 8 nitrogen and oxygen atoms in total. The second-order valence-corrected chi connectivity index (χ2v) is 4.43. The molecule has 110 valence electrons. The molecule has 0 saturated carbocycles. The minimum atomic E-state index is -1.37. The van der Waals surface area contributed by atoms with Crippen molar-refractivity contribution >= 4 is 11.7 Å². The van der Waals surface area contributed by atoms with E-state index in [0.29, 0.717) is 0 Å². The number of rotatable bonds is 5. The molecule has 0 saturated heterocycles. The third-order valence-electron chi connectivity index (χ3n) is 2.88. The number of hydrogen-bond donors (Lipinski definition) is 1. The second kappa shape index (κ2) is 5.61. The van der Waals surface area contributed by atoms with Crippen LogP contribution in [0.4, 0.5) is 5.69 Å². The van der Waals surface area contributed by atoms with Crippen LogP contribution in [0.5, 0.6) is 5.75 Å². The van der Waals surface area contributed by atoms with Gasteiger partial charge in [0, 0.05) is 19.2 Å². The van der Waals surface area contributed by atoms with E-state index in [-0.39, 0.29) is 12.4 Å². The summed E-state index contributed by atoms with van der Waals surface area (Å²) in [5, 5.41) is 23.9. The lowest BCUT2D eigenvalue weighted by molar-refractivity contribution is -0.385. The number of carboxylic acids is 1. The molecule has 0 atom stereocenters. The lowest BCUT2D eigenvalue weighted by Crippen LogP contribution is -2.05. The largest absolute Gasteiger partial charge is 0.487 e. The molecule has 8 heteroatoms. The molecule has 0 radical (unpaired) electrons. The Morgan fingerprint density at radius 3 is 2.71 bits per heavy atom. The summed E-state index contributed by atoms with van der Waals surface area (Å²) < 4.78 is 7.12. The normalized spacial score (nSPS) is 10.4. The third kappa shape index (κ3) is 3.16. The number of aromatic nitrogens is 2. The van der Waals surface area contributed by atoms with Crippen LogP contribution in [0.1, 0.15) is 21.7 Å². The van der Waals surface area contributed by atoms with Gasteiger partial charge < -0.3 is 9.84 Å². The van der Waals surface area contributed by atoms with Gasteiger partial charge >= 0.3 is 5.97 Å². The van der Waals surface area contributed by atoms with Crippen LogP contribution >= 0.6 is 0 Å². The maximum atomic E-state index is 11.0. The number of benzene rings is 1. The summed E-state index contributed by atoms with van der Waals surface area (Å²) in [5.41, 5.74) is 0.777. The average molecular weight is 291 g/mol. The number of aromatic carboxylic acids is 1. The first-order chi connectivity index (χ1) is 9.88. The lowest BCUT2D eigenvalue weighted by Gasteiger charge is -2.07. The van der Waals surface area contributed by atoms with Crippen LogP contribution in [0.3, 0.4) is 0 Å². The van der Waals surface area contributed by atoms with E-state index in [4.69, 9.17) is 9.84 Å². The highest BCUT2D eigenvalue weighted by Gasteiger charge is 2.20. The van der Waals surface area contributed by atoms with E-state index >= 15 is 0 Å². The Labute approximate surface area is 119 Å². The smallest absolute Gasteiger partial charge is 0.342 e. The molecule has 1 heterocycles. The van der Waals surface area contributed by atoms with Crippen molar-refractivity contribution in [1.29, 1.82) is 0 Å². The standard InChI is InChI=1S/C13H13N3O5/c1-8-5-9(15(2)14-8)7-21-10-3-4-12(16(19)20)11(6-10)13(17)18/h3-6H,7H2,1-2H3,(H,17,18). The van der Waals surface area contributed by atoms with E-state index in [1.165, 1.54) is 6.07 Å². The number of ether oxygens (including phenoxy) is 1. The Kier molecular flexibility index (Phi) is 3.88. The van der Waals surface area contributed by atoms with Gasteiger partial charge in [-0.3, -0.25) is 14.8 Å². The summed E-state index contributed by atoms with van der Waals surface area (Å²) in [7, 11) is 1.77. The van der Waals surface area contributed by atoms with Gasteiger partial charge in [0.2, 0.25) is 0 Å². The minimum Gasteiger partial charge on any atom is -0.487 e. The molecule has 0 aliphatic carbocycles. The summed E-state index contributed by atoms with van der Waals surface area (Å²) in [6.07, 6.45) is 0. The molecule has 1 aromatic carbocycles. The van der Waals surface area contributed by atoms with Gasteiger partial charge in [-0.15, -0.1) is 0 Å². The molecule has 0 bridgehead atoms. The molecule has 0 aliphatic heterocycles. The molecule has 0 spiro atoms. The van der Waals surface area contributed by atoms with Crippen molar-refractivity contribution in [3.05, 3.63) is 51.3 Å². The van der Waals surface area contributed by atoms with Gasteiger partial charge in [0.25, 0.3) is 5.69 Å². The van der Waals surface area contributed by atoms with Gasteiger partial charge in [-0.1, -0.05) is 0 Å². The van der Waals surface area contributed by atoms with Gasteiger partial charge in [0.05, 0.1) is 16.3 Å². The molecule has 2 rings (SSSR count). The highest BCUT2D eigenvalue weighted by atomic mass is 16.6. The molecule has 2 aromatic rings. The molecule has 1 aromatic heterocycles. The summed E-state index contributed by atoms with van der Waals surface area (Å²) in [5.74, 6) is -1.12. The molecule has 21 heavy (non-hydrogen) atoms. The Morgan fingerprint density at radius 1 is 1.48 bits per heavy atom. The Bertz CT molecular complexity index is 708. The minimum absolute atomic E-state index is 0.189. The third-order valence-corrected chi connectivity index (χ3v) is 2.88. The van der Waals surface area contributed by atoms with Crippen LogP contribution in [-0.4, -0.2) is 25.8 Å². The summed E-state index contributed by atoms with van der Waals surface area (Å²) >= 11 is 0. The fourth-order valence-electron chi connectivity index (χ4n) is 1.89. The first-order valence-corrected chi connectivity index (χ1v) is 6.02. The van der Waals surface area contributed by atoms with Crippen LogP contribution in [0.25, 0.3) is 0 Å². The van der Waals surface area contributed by atoms with Crippen LogP contribution in [-0.2, 0) is 13.7 Å². The summed E-state index contributed by atoms with van der Waals surface area (Å²) in [6, 6.07) is 5.47. The molecule has 1 N–H and O–H groups in total. The Morgan fingerprint density at radius 2 is 2.19 bits per heavy atom. The Balaban J connectivity index is 2.21. The molecular formula is C13H13N3O5. The van der Waals surface area contributed by atoms with Crippen molar-refractivity contribution in [3.63, 3.8) is 0 Å². The van der Waals surface area contributed by atoms with Crippen molar-refractivity contribution in [2.45, 2.75) is 13.5 Å². The van der Waals surface area contributed by atoms with Gasteiger partial charge in [-0.25, -0.2) is 4.79 Å². The van der Waals surface area contributed by atoms with Crippen molar-refractivity contribution in [2.24, 2.45) is 7.05 Å². The zero-order valence-corrected chi connectivity index (χ0v) is 11.4. The number of nitro benzene ring substituents is 1. The van der Waals surface area contributed by atoms with Crippen LogP contribution in [0.2, 0.25) is 0 Å². The van der Waals surface area contributed by atoms with Gasteiger partial charge in [0.1, 0.15) is 17.9 Å².